The van der Waals surface area contributed by atoms with Crippen molar-refractivity contribution in [2.75, 3.05) is 5.01 Å². The van der Waals surface area contributed by atoms with E-state index < -0.39 is 18.1 Å². The number of hydrogen-bond donors (Lipinski definition) is 0. The van der Waals surface area contributed by atoms with Gasteiger partial charge in [-0.2, -0.15) is 18.3 Å². The molecule has 0 amide bonds. The molecule has 2 nitrogen and oxygen atoms in total. The third-order valence-corrected chi connectivity index (χ3v) is 5.05. The Kier molecular flexibility index (Phi) is 5.42. The minimum atomic E-state index is -4.45. The van der Waals surface area contributed by atoms with Crippen LogP contribution in [-0.2, 0) is 0 Å². The summed E-state index contributed by atoms with van der Waals surface area (Å²) in [6.45, 7) is 1.66. The van der Waals surface area contributed by atoms with Gasteiger partial charge in [0.05, 0.1) is 22.5 Å². The van der Waals surface area contributed by atoms with Gasteiger partial charge in [0.2, 0.25) is 0 Å². The van der Waals surface area contributed by atoms with Gasteiger partial charge >= 0.3 is 6.18 Å². The molecule has 0 aromatic heterocycles. The summed E-state index contributed by atoms with van der Waals surface area (Å²) in [5.74, 6) is -1.74. The topological polar surface area (TPSA) is 15.6 Å². The summed E-state index contributed by atoms with van der Waals surface area (Å²) >= 11 is 18.1. The van der Waals surface area contributed by atoms with Crippen molar-refractivity contribution in [2.24, 2.45) is 11.0 Å². The number of hydrogen-bond acceptors (Lipinski definition) is 2. The number of benzene rings is 2. The largest absolute Gasteiger partial charge is 0.399 e. The van der Waals surface area contributed by atoms with Gasteiger partial charge in [-0.25, -0.2) is 0 Å². The molecule has 2 atom stereocenters. The van der Waals surface area contributed by atoms with Crippen molar-refractivity contribution in [3.8, 4) is 0 Å². The first kappa shape index (κ1) is 19.3. The second kappa shape index (κ2) is 7.29. The highest BCUT2D eigenvalue weighted by Crippen LogP contribution is 2.48. The summed E-state index contributed by atoms with van der Waals surface area (Å²) in [6, 6.07) is 9.85. The molecule has 2 aromatic carbocycles. The summed E-state index contributed by atoms with van der Waals surface area (Å²) in [5.41, 5.74) is 0.882. The Bertz CT molecular complexity index is 835. The monoisotopic (exact) mass is 420 g/mol. The third-order valence-electron chi connectivity index (χ3n) is 4.26. The lowest BCUT2D eigenvalue weighted by Gasteiger charge is -2.30. The van der Waals surface area contributed by atoms with Gasteiger partial charge in [0, 0.05) is 10.0 Å². The minimum absolute atomic E-state index is 0.0588. The molecular formula is C18H14Cl3F3N2. The molecule has 0 unspecified atom stereocenters. The van der Waals surface area contributed by atoms with Gasteiger partial charge in [0.1, 0.15) is 5.92 Å². The van der Waals surface area contributed by atoms with Crippen molar-refractivity contribution < 1.29 is 13.2 Å². The van der Waals surface area contributed by atoms with Crippen LogP contribution >= 0.6 is 34.8 Å². The molecule has 26 heavy (non-hydrogen) atoms. The summed E-state index contributed by atoms with van der Waals surface area (Å²) in [6.07, 6.45) is -4.28. The summed E-state index contributed by atoms with van der Waals surface area (Å²) < 4.78 is 41.6. The number of nitrogens with zero attached hydrogens (tertiary/aromatic N) is 2. The lowest BCUT2D eigenvalue weighted by molar-refractivity contribution is -0.159. The minimum Gasteiger partial charge on any atom is -0.256 e. The van der Waals surface area contributed by atoms with Crippen molar-refractivity contribution in [3.05, 3.63) is 63.1 Å². The second-order valence-electron chi connectivity index (χ2n) is 5.90. The van der Waals surface area contributed by atoms with E-state index in [2.05, 4.69) is 5.10 Å². The van der Waals surface area contributed by atoms with Gasteiger partial charge in [-0.05, 0) is 42.3 Å². The molecule has 0 saturated heterocycles. The number of rotatable bonds is 3. The highest BCUT2D eigenvalue weighted by Gasteiger charge is 2.53. The maximum Gasteiger partial charge on any atom is 0.399 e. The maximum atomic E-state index is 13.9. The highest BCUT2D eigenvalue weighted by atomic mass is 35.5. The van der Waals surface area contributed by atoms with Crippen LogP contribution in [0.4, 0.5) is 18.9 Å². The molecule has 0 fully saturated rings. The fourth-order valence-electron chi connectivity index (χ4n) is 3.11. The Balaban J connectivity index is 2.16. The van der Waals surface area contributed by atoms with Gasteiger partial charge in [-0.1, -0.05) is 53.9 Å². The SMILES string of the molecule is CCC1=NN(c2ccc(Cl)cc2Cl)[C@@H](c2ccc(Cl)cc2)[C@@H]1C(F)(F)F. The van der Waals surface area contributed by atoms with Crippen LogP contribution in [0.1, 0.15) is 24.9 Å². The molecule has 0 saturated carbocycles. The first-order valence-corrected chi connectivity index (χ1v) is 8.99. The van der Waals surface area contributed by atoms with Gasteiger partial charge in [0.15, 0.2) is 0 Å². The van der Waals surface area contributed by atoms with Crippen molar-refractivity contribution >= 4 is 46.2 Å². The zero-order chi connectivity index (χ0) is 19.1. The smallest absolute Gasteiger partial charge is 0.256 e. The fraction of sp³-hybridized carbons (Fsp3) is 0.278. The lowest BCUT2D eigenvalue weighted by atomic mass is 9.88. The molecule has 0 spiro atoms. The zero-order valence-corrected chi connectivity index (χ0v) is 15.8. The molecule has 0 N–H and O–H groups in total. The molecule has 1 aliphatic rings. The second-order valence-corrected chi connectivity index (χ2v) is 7.18. The fourth-order valence-corrected chi connectivity index (χ4v) is 3.73. The molecule has 2 aromatic rings. The van der Waals surface area contributed by atoms with Crippen molar-refractivity contribution in [1.82, 2.24) is 0 Å². The van der Waals surface area contributed by atoms with E-state index in [1.54, 1.807) is 43.3 Å². The van der Waals surface area contributed by atoms with E-state index in [4.69, 9.17) is 34.8 Å². The van der Waals surface area contributed by atoms with Gasteiger partial charge in [-0.3, -0.25) is 5.01 Å². The van der Waals surface area contributed by atoms with Gasteiger partial charge < -0.3 is 0 Å². The van der Waals surface area contributed by atoms with Crippen molar-refractivity contribution in [1.29, 1.82) is 0 Å². The predicted octanol–water partition coefficient (Wildman–Crippen LogP) is 7.15. The Labute approximate surface area is 164 Å². The summed E-state index contributed by atoms with van der Waals surface area (Å²) in [4.78, 5) is 0. The van der Waals surface area contributed by atoms with E-state index in [0.717, 1.165) is 0 Å². The van der Waals surface area contributed by atoms with Gasteiger partial charge in [-0.15, -0.1) is 0 Å². The standard InChI is InChI=1S/C18H14Cl3F3N2/c1-2-14-16(18(22,23)24)17(10-3-5-11(19)6-4-10)26(25-14)15-8-7-12(20)9-13(15)21/h3-9,16-17H,2H2,1H3/t16-,17+/m1/s1. The summed E-state index contributed by atoms with van der Waals surface area (Å²) in [5, 5.41) is 6.68. The first-order valence-electron chi connectivity index (χ1n) is 7.86. The molecule has 0 aliphatic carbocycles. The molecule has 138 valence electrons. The van der Waals surface area contributed by atoms with Crippen LogP contribution in [-0.4, -0.2) is 11.9 Å². The van der Waals surface area contributed by atoms with E-state index in [0.29, 0.717) is 21.3 Å². The highest BCUT2D eigenvalue weighted by molar-refractivity contribution is 6.36. The van der Waals surface area contributed by atoms with Crippen LogP contribution in [0.25, 0.3) is 0 Å². The van der Waals surface area contributed by atoms with Crippen LogP contribution in [0.15, 0.2) is 47.6 Å². The van der Waals surface area contributed by atoms with Gasteiger partial charge in [0.25, 0.3) is 0 Å². The van der Waals surface area contributed by atoms with Crippen molar-refractivity contribution in [3.63, 3.8) is 0 Å². The van der Waals surface area contributed by atoms with E-state index >= 15 is 0 Å². The predicted molar refractivity (Wildman–Crippen MR) is 100 cm³/mol. The van der Waals surface area contributed by atoms with Crippen LogP contribution in [0.5, 0.6) is 0 Å². The average molecular weight is 422 g/mol. The third kappa shape index (κ3) is 3.66. The van der Waals surface area contributed by atoms with E-state index in [1.165, 1.54) is 11.1 Å². The quantitative estimate of drug-likeness (QED) is 0.513. The molecule has 0 radical (unpaired) electrons. The van der Waals surface area contributed by atoms with E-state index in [9.17, 15) is 13.2 Å². The Hall–Kier alpha value is -1.43. The molecule has 0 bridgehead atoms. The molecular weight excluding hydrogens is 408 g/mol. The normalized spacial score (nSPS) is 20.4. The van der Waals surface area contributed by atoms with Crippen LogP contribution in [0, 0.1) is 5.92 Å². The lowest BCUT2D eigenvalue weighted by Crippen LogP contribution is -2.36. The molecule has 1 aliphatic heterocycles. The van der Waals surface area contributed by atoms with Crippen LogP contribution in [0.3, 0.4) is 0 Å². The molecule has 3 rings (SSSR count). The zero-order valence-electron chi connectivity index (χ0n) is 13.6. The number of hydrazone groups is 1. The maximum absolute atomic E-state index is 13.9. The number of anilines is 1. The first-order chi connectivity index (χ1) is 12.2. The van der Waals surface area contributed by atoms with Crippen molar-refractivity contribution in [2.45, 2.75) is 25.6 Å². The molecule has 1 heterocycles. The van der Waals surface area contributed by atoms with Crippen LogP contribution in [0.2, 0.25) is 15.1 Å². The van der Waals surface area contributed by atoms with Crippen LogP contribution < -0.4 is 5.01 Å². The summed E-state index contributed by atoms with van der Waals surface area (Å²) in [7, 11) is 0. The Morgan fingerprint density at radius 1 is 1.00 bits per heavy atom. The molecule has 8 heteroatoms. The Morgan fingerprint density at radius 3 is 2.15 bits per heavy atom. The number of alkyl halides is 3. The Morgan fingerprint density at radius 2 is 1.62 bits per heavy atom. The number of halogens is 6. The average Bonchev–Trinajstić information content (AvgIpc) is 2.95. The van der Waals surface area contributed by atoms with E-state index in [-0.39, 0.29) is 17.2 Å². The van der Waals surface area contributed by atoms with E-state index in [1.807, 2.05) is 0 Å².